The molecule has 26 heavy (non-hydrogen) atoms. The lowest BCUT2D eigenvalue weighted by atomic mass is 10.1. The molecule has 0 aliphatic carbocycles. The van der Waals surface area contributed by atoms with Crippen LogP contribution in [0.4, 0.5) is 0 Å². The van der Waals surface area contributed by atoms with Crippen LogP contribution in [0.15, 0.2) is 52.2 Å². The molecule has 1 fully saturated rings. The molecule has 1 aliphatic rings. The molecule has 0 atom stereocenters. The second-order valence-corrected chi connectivity index (χ2v) is 5.81. The number of H-pyrrole nitrogens is 1. The van der Waals surface area contributed by atoms with Gasteiger partial charge in [0, 0.05) is 31.7 Å². The third-order valence-electron chi connectivity index (χ3n) is 3.98. The highest BCUT2D eigenvalue weighted by molar-refractivity contribution is 5.94. The zero-order valence-electron chi connectivity index (χ0n) is 13.5. The van der Waals surface area contributed by atoms with Crippen molar-refractivity contribution >= 4 is 11.8 Å². The van der Waals surface area contributed by atoms with E-state index in [9.17, 15) is 14.4 Å². The van der Waals surface area contributed by atoms with Gasteiger partial charge in [-0.25, -0.2) is 4.68 Å². The first-order valence-electron chi connectivity index (χ1n) is 7.85. The molecule has 1 aliphatic heterocycles. The predicted octanol–water partition coefficient (Wildman–Crippen LogP) is -0.197. The Kier molecular flexibility index (Phi) is 3.84. The molecule has 0 saturated carbocycles. The molecule has 10 heteroatoms. The van der Waals surface area contributed by atoms with E-state index in [1.165, 1.54) is 11.1 Å². The zero-order chi connectivity index (χ0) is 18.1. The molecule has 0 radical (unpaired) electrons. The molecule has 2 N–H and O–H groups in total. The normalized spacial score (nSPS) is 14.1. The van der Waals surface area contributed by atoms with E-state index in [4.69, 9.17) is 4.52 Å². The van der Waals surface area contributed by atoms with Crippen LogP contribution < -0.4 is 10.9 Å². The molecule has 0 bridgehead atoms. The van der Waals surface area contributed by atoms with Gasteiger partial charge < -0.3 is 14.7 Å². The van der Waals surface area contributed by atoms with E-state index in [1.54, 1.807) is 35.3 Å². The highest BCUT2D eigenvalue weighted by Crippen LogP contribution is 2.13. The Labute approximate surface area is 146 Å². The summed E-state index contributed by atoms with van der Waals surface area (Å²) in [7, 11) is 0. The number of nitrogens with zero attached hydrogens (tertiary/aromatic N) is 4. The van der Waals surface area contributed by atoms with Gasteiger partial charge in [-0.2, -0.15) is 10.3 Å². The summed E-state index contributed by atoms with van der Waals surface area (Å²) in [5, 5.41) is 9.01. The molecule has 132 valence electrons. The van der Waals surface area contributed by atoms with Crippen LogP contribution in [-0.2, 0) is 0 Å². The number of rotatable bonds is 4. The largest absolute Gasteiger partial charge is 0.373 e. The summed E-state index contributed by atoms with van der Waals surface area (Å²) in [6.07, 6.45) is 4.95. The fraction of sp³-hybridized carbons (Fsp3) is 0.188. The van der Waals surface area contributed by atoms with Crippen LogP contribution in [0.2, 0.25) is 0 Å². The van der Waals surface area contributed by atoms with Crippen molar-refractivity contribution in [3.8, 4) is 5.69 Å². The first-order valence-corrected chi connectivity index (χ1v) is 7.85. The van der Waals surface area contributed by atoms with E-state index >= 15 is 0 Å². The number of carbonyl (C=O) groups is 2. The number of pyridine rings is 1. The van der Waals surface area contributed by atoms with Crippen LogP contribution in [-0.4, -0.2) is 55.8 Å². The lowest BCUT2D eigenvalue weighted by molar-refractivity contribution is 0.0504. The van der Waals surface area contributed by atoms with Gasteiger partial charge in [-0.05, 0) is 18.2 Å². The molecular formula is C16H14N6O4. The van der Waals surface area contributed by atoms with Crippen molar-refractivity contribution < 1.29 is 14.1 Å². The number of carbonyl (C=O) groups excluding carboxylic acids is 2. The van der Waals surface area contributed by atoms with E-state index in [0.717, 1.165) is 11.8 Å². The van der Waals surface area contributed by atoms with E-state index in [-0.39, 0.29) is 23.4 Å². The molecule has 3 aromatic rings. The van der Waals surface area contributed by atoms with Crippen molar-refractivity contribution in [1.29, 1.82) is 0 Å². The summed E-state index contributed by atoms with van der Waals surface area (Å²) >= 11 is 0. The van der Waals surface area contributed by atoms with Gasteiger partial charge in [0.15, 0.2) is 0 Å². The van der Waals surface area contributed by atoms with Gasteiger partial charge in [0.2, 0.25) is 5.76 Å². The average molecular weight is 354 g/mol. The lowest BCUT2D eigenvalue weighted by Gasteiger charge is -2.38. The van der Waals surface area contributed by atoms with E-state index in [0.29, 0.717) is 13.1 Å². The lowest BCUT2D eigenvalue weighted by Crippen LogP contribution is -2.61. The van der Waals surface area contributed by atoms with Crippen LogP contribution >= 0.6 is 0 Å². The Balaban J connectivity index is 1.36. The summed E-state index contributed by atoms with van der Waals surface area (Å²) in [4.78, 5) is 41.0. The van der Waals surface area contributed by atoms with Crippen LogP contribution in [0, 0.1) is 0 Å². The Morgan fingerprint density at radius 2 is 2.12 bits per heavy atom. The van der Waals surface area contributed by atoms with Crippen molar-refractivity contribution in [3.63, 3.8) is 0 Å². The predicted molar refractivity (Wildman–Crippen MR) is 87.8 cm³/mol. The van der Waals surface area contributed by atoms with Crippen LogP contribution in [0.1, 0.15) is 21.0 Å². The summed E-state index contributed by atoms with van der Waals surface area (Å²) in [6, 6.07) is 6.08. The van der Waals surface area contributed by atoms with Crippen LogP contribution in [0.25, 0.3) is 5.69 Å². The maximum absolute atomic E-state index is 12.3. The maximum Gasteiger partial charge on any atom is 0.292 e. The molecule has 1 saturated heterocycles. The summed E-state index contributed by atoms with van der Waals surface area (Å²) in [6.45, 7) is 0.663. The minimum atomic E-state index is -0.470. The minimum Gasteiger partial charge on any atom is -0.373 e. The van der Waals surface area contributed by atoms with E-state index < -0.39 is 11.5 Å². The van der Waals surface area contributed by atoms with Crippen LogP contribution in [0.3, 0.4) is 0 Å². The quantitative estimate of drug-likeness (QED) is 0.668. The van der Waals surface area contributed by atoms with Crippen molar-refractivity contribution in [2.75, 3.05) is 13.1 Å². The zero-order valence-corrected chi connectivity index (χ0v) is 13.5. The Morgan fingerprint density at radius 1 is 1.27 bits per heavy atom. The van der Waals surface area contributed by atoms with Gasteiger partial charge in [0.25, 0.3) is 17.4 Å². The standard InChI is InChI=1S/C16H14N6O4/c23-14-7-13(26-20-14)16(25)21-8-10(9-21)19-15(24)12-6-11(2-4-17-12)22-5-1-3-18-22/h1-7,10H,8-9H2,(H,19,24)(H,20,23). The molecule has 3 aromatic heterocycles. The number of aromatic nitrogens is 4. The van der Waals surface area contributed by atoms with Gasteiger partial charge in [0.1, 0.15) is 5.69 Å². The number of amides is 2. The Hall–Kier alpha value is -3.69. The molecule has 10 nitrogen and oxygen atoms in total. The second kappa shape index (κ2) is 6.31. The van der Waals surface area contributed by atoms with Crippen molar-refractivity contribution in [3.05, 3.63) is 64.7 Å². The summed E-state index contributed by atoms with van der Waals surface area (Å²) < 4.78 is 6.41. The first kappa shape index (κ1) is 15.8. The van der Waals surface area contributed by atoms with E-state index in [2.05, 4.69) is 20.6 Å². The fourth-order valence-electron chi connectivity index (χ4n) is 2.65. The Bertz CT molecular complexity index is 1000. The summed E-state index contributed by atoms with van der Waals surface area (Å²) in [5.41, 5.74) is 0.518. The van der Waals surface area contributed by atoms with Crippen molar-refractivity contribution in [2.24, 2.45) is 0 Å². The number of hydrogen-bond acceptors (Lipinski definition) is 6. The highest BCUT2D eigenvalue weighted by Gasteiger charge is 2.34. The fourth-order valence-corrected chi connectivity index (χ4v) is 2.65. The number of hydrogen-bond donors (Lipinski definition) is 2. The molecule has 2 amide bonds. The first-order chi connectivity index (χ1) is 12.6. The maximum atomic E-state index is 12.3. The smallest absolute Gasteiger partial charge is 0.292 e. The Morgan fingerprint density at radius 3 is 2.81 bits per heavy atom. The molecule has 4 rings (SSSR count). The summed E-state index contributed by atoms with van der Waals surface area (Å²) in [5.74, 6) is -0.773. The van der Waals surface area contributed by atoms with Gasteiger partial charge in [-0.1, -0.05) is 0 Å². The van der Waals surface area contributed by atoms with Crippen LogP contribution in [0.5, 0.6) is 0 Å². The second-order valence-electron chi connectivity index (χ2n) is 5.81. The van der Waals surface area contributed by atoms with Gasteiger partial charge >= 0.3 is 0 Å². The van der Waals surface area contributed by atoms with Gasteiger partial charge in [-0.3, -0.25) is 19.4 Å². The third kappa shape index (κ3) is 2.99. The number of likely N-dealkylation sites (tertiary alicyclic amines) is 1. The average Bonchev–Trinajstić information content (AvgIpc) is 3.29. The molecule has 4 heterocycles. The van der Waals surface area contributed by atoms with Crippen molar-refractivity contribution in [1.82, 2.24) is 30.1 Å². The van der Waals surface area contributed by atoms with Gasteiger partial charge in [-0.15, -0.1) is 0 Å². The minimum absolute atomic E-state index is 0.0478. The molecule has 0 spiro atoms. The molecule has 0 aromatic carbocycles. The molecule has 0 unspecified atom stereocenters. The number of aromatic amines is 1. The van der Waals surface area contributed by atoms with E-state index in [1.807, 2.05) is 0 Å². The molecular weight excluding hydrogens is 340 g/mol. The number of nitrogens with one attached hydrogen (secondary N) is 2. The third-order valence-corrected chi connectivity index (χ3v) is 3.98. The van der Waals surface area contributed by atoms with Crippen molar-refractivity contribution in [2.45, 2.75) is 6.04 Å². The highest BCUT2D eigenvalue weighted by atomic mass is 16.5. The topological polar surface area (TPSA) is 126 Å². The monoisotopic (exact) mass is 354 g/mol. The SMILES string of the molecule is O=C(NC1CN(C(=O)c2cc(=O)[nH]o2)C1)c1cc(-n2cccn2)ccn1. The van der Waals surface area contributed by atoms with Gasteiger partial charge in [0.05, 0.1) is 17.8 Å².